The lowest BCUT2D eigenvalue weighted by molar-refractivity contribution is 0.0730. The monoisotopic (exact) mass is 562 g/mol. The zero-order chi connectivity index (χ0) is 28.0. The predicted molar refractivity (Wildman–Crippen MR) is 156 cm³/mol. The summed E-state index contributed by atoms with van der Waals surface area (Å²) in [6.45, 7) is 10.1. The molecule has 3 aromatic carbocycles. The Bertz CT molecular complexity index is 1580. The number of morpholine rings is 1. The standard InChI is InChI=1S/C30H34N4O5S/c1-20-7-8-27-24(17-20)31-30(35)23-18-29(40(36,37)34-13-15-38-16-14-34)26(19-28(23)39-27)33-11-9-32(10-12-33)25-6-4-5-21(2)22(25)3/h4-8,17-19H,9-16H2,1-3H3,(H,31,35). The molecule has 0 unspecified atom stereocenters. The number of carbonyl (C=O) groups excluding carboxylic acids is 1. The number of hydrogen-bond acceptors (Lipinski definition) is 7. The van der Waals surface area contributed by atoms with Crippen LogP contribution >= 0.6 is 0 Å². The molecule has 0 aliphatic carbocycles. The molecular formula is C30H34N4O5S. The van der Waals surface area contributed by atoms with Crippen molar-refractivity contribution in [2.24, 2.45) is 0 Å². The van der Waals surface area contributed by atoms with E-state index in [2.05, 4.69) is 47.2 Å². The molecule has 3 heterocycles. The molecular weight excluding hydrogens is 528 g/mol. The van der Waals surface area contributed by atoms with Crippen LogP contribution in [0.4, 0.5) is 17.1 Å². The van der Waals surface area contributed by atoms with Gasteiger partial charge in [-0.25, -0.2) is 8.42 Å². The number of benzene rings is 3. The van der Waals surface area contributed by atoms with Gasteiger partial charge in [0.2, 0.25) is 10.0 Å². The van der Waals surface area contributed by atoms with Gasteiger partial charge in [0.1, 0.15) is 10.6 Å². The first-order valence-electron chi connectivity index (χ1n) is 13.6. The quantitative estimate of drug-likeness (QED) is 0.507. The Hall–Kier alpha value is -3.60. The number of carbonyl (C=O) groups is 1. The smallest absolute Gasteiger partial charge is 0.259 e. The number of nitrogens with one attached hydrogen (secondary N) is 1. The maximum atomic E-state index is 14.0. The van der Waals surface area contributed by atoms with Gasteiger partial charge in [-0.3, -0.25) is 4.79 Å². The Morgan fingerprint density at radius 1 is 0.800 bits per heavy atom. The second-order valence-electron chi connectivity index (χ2n) is 10.6. The fourth-order valence-corrected chi connectivity index (χ4v) is 7.22. The number of anilines is 3. The molecule has 2 saturated heterocycles. The minimum atomic E-state index is -3.90. The van der Waals surface area contributed by atoms with Crippen LogP contribution in [-0.2, 0) is 14.8 Å². The van der Waals surface area contributed by atoms with Gasteiger partial charge in [0.15, 0.2) is 5.75 Å². The summed E-state index contributed by atoms with van der Waals surface area (Å²) >= 11 is 0. The number of piperazine rings is 1. The average Bonchev–Trinajstić information content (AvgIpc) is 3.09. The van der Waals surface area contributed by atoms with Gasteiger partial charge in [-0.2, -0.15) is 4.31 Å². The van der Waals surface area contributed by atoms with E-state index in [9.17, 15) is 13.2 Å². The second-order valence-corrected chi connectivity index (χ2v) is 12.5. The van der Waals surface area contributed by atoms with Crippen LogP contribution in [0.2, 0.25) is 0 Å². The highest BCUT2D eigenvalue weighted by Crippen LogP contribution is 2.42. The van der Waals surface area contributed by atoms with E-state index < -0.39 is 15.9 Å². The third-order valence-electron chi connectivity index (χ3n) is 8.03. The molecule has 210 valence electrons. The summed E-state index contributed by atoms with van der Waals surface area (Å²) in [4.78, 5) is 17.9. The number of aryl methyl sites for hydroxylation is 2. The lowest BCUT2D eigenvalue weighted by Gasteiger charge is -2.39. The third kappa shape index (κ3) is 4.80. The molecule has 6 rings (SSSR count). The van der Waals surface area contributed by atoms with Crippen molar-refractivity contribution >= 4 is 33.0 Å². The van der Waals surface area contributed by atoms with Crippen LogP contribution in [-0.4, -0.2) is 71.1 Å². The Morgan fingerprint density at radius 3 is 2.23 bits per heavy atom. The van der Waals surface area contributed by atoms with Gasteiger partial charge in [0.25, 0.3) is 5.91 Å². The van der Waals surface area contributed by atoms with Gasteiger partial charge in [-0.1, -0.05) is 18.2 Å². The number of amides is 1. The molecule has 3 aliphatic heterocycles. The molecule has 40 heavy (non-hydrogen) atoms. The summed E-state index contributed by atoms with van der Waals surface area (Å²) in [6.07, 6.45) is 0. The number of sulfonamides is 1. The van der Waals surface area contributed by atoms with E-state index in [1.807, 2.05) is 25.1 Å². The van der Waals surface area contributed by atoms with Crippen LogP contribution in [0.1, 0.15) is 27.0 Å². The minimum Gasteiger partial charge on any atom is -0.454 e. The molecule has 10 heteroatoms. The highest BCUT2D eigenvalue weighted by atomic mass is 32.2. The number of ether oxygens (including phenoxy) is 2. The summed E-state index contributed by atoms with van der Waals surface area (Å²) in [5.74, 6) is 0.462. The van der Waals surface area contributed by atoms with Gasteiger partial charge in [0, 0.05) is 51.0 Å². The second kappa shape index (κ2) is 10.4. The fourth-order valence-electron chi connectivity index (χ4n) is 5.60. The van der Waals surface area contributed by atoms with Crippen molar-refractivity contribution in [1.29, 1.82) is 0 Å². The maximum Gasteiger partial charge on any atom is 0.259 e. The lowest BCUT2D eigenvalue weighted by atomic mass is 10.1. The zero-order valence-corrected chi connectivity index (χ0v) is 23.9. The van der Waals surface area contributed by atoms with Crippen molar-refractivity contribution in [1.82, 2.24) is 4.31 Å². The topological polar surface area (TPSA) is 91.4 Å². The molecule has 0 aromatic heterocycles. The largest absolute Gasteiger partial charge is 0.454 e. The third-order valence-corrected chi connectivity index (χ3v) is 9.96. The Labute approximate surface area is 235 Å². The normalized spacial score (nSPS) is 17.9. The Morgan fingerprint density at radius 2 is 1.50 bits per heavy atom. The maximum absolute atomic E-state index is 14.0. The van der Waals surface area contributed by atoms with Gasteiger partial charge in [0.05, 0.1) is 30.2 Å². The van der Waals surface area contributed by atoms with E-state index in [0.29, 0.717) is 49.2 Å². The molecule has 9 nitrogen and oxygen atoms in total. The van der Waals surface area contributed by atoms with E-state index in [0.717, 1.165) is 18.7 Å². The van der Waals surface area contributed by atoms with Crippen LogP contribution in [0.15, 0.2) is 53.4 Å². The van der Waals surface area contributed by atoms with E-state index in [1.54, 1.807) is 6.07 Å². The number of fused-ring (bicyclic) bond motifs is 2. The van der Waals surface area contributed by atoms with Crippen molar-refractivity contribution in [2.45, 2.75) is 25.7 Å². The van der Waals surface area contributed by atoms with Gasteiger partial charge in [-0.05, 0) is 61.7 Å². The number of nitrogens with zero attached hydrogens (tertiary/aromatic N) is 3. The highest BCUT2D eigenvalue weighted by molar-refractivity contribution is 7.89. The lowest BCUT2D eigenvalue weighted by Crippen LogP contribution is -2.47. The summed E-state index contributed by atoms with van der Waals surface area (Å²) in [6, 6.07) is 15.1. The average molecular weight is 563 g/mol. The van der Waals surface area contributed by atoms with Crippen LogP contribution in [0.5, 0.6) is 11.5 Å². The Balaban J connectivity index is 1.40. The minimum absolute atomic E-state index is 0.120. The zero-order valence-electron chi connectivity index (χ0n) is 23.1. The SMILES string of the molecule is Cc1ccc2c(c1)NC(=O)c1cc(S(=O)(=O)N3CCOCC3)c(N3CCN(c4cccc(C)c4C)CC3)cc1O2. The van der Waals surface area contributed by atoms with Crippen molar-refractivity contribution in [3.63, 3.8) is 0 Å². The van der Waals surface area contributed by atoms with Crippen molar-refractivity contribution < 1.29 is 22.7 Å². The fraction of sp³-hybridized carbons (Fsp3) is 0.367. The molecule has 2 fully saturated rings. The highest BCUT2D eigenvalue weighted by Gasteiger charge is 2.34. The predicted octanol–water partition coefficient (Wildman–Crippen LogP) is 4.32. The molecule has 0 atom stereocenters. The summed E-state index contributed by atoms with van der Waals surface area (Å²) in [5.41, 5.74) is 5.98. The van der Waals surface area contributed by atoms with E-state index in [-0.39, 0.29) is 23.5 Å². The van der Waals surface area contributed by atoms with E-state index in [1.165, 1.54) is 27.2 Å². The van der Waals surface area contributed by atoms with Crippen molar-refractivity contribution in [2.75, 3.05) is 67.6 Å². The molecule has 1 amide bonds. The van der Waals surface area contributed by atoms with Crippen LogP contribution in [0.3, 0.4) is 0 Å². The van der Waals surface area contributed by atoms with Gasteiger partial charge < -0.3 is 24.6 Å². The van der Waals surface area contributed by atoms with Crippen LogP contribution < -0.4 is 19.9 Å². The molecule has 3 aliphatic rings. The van der Waals surface area contributed by atoms with Crippen LogP contribution in [0, 0.1) is 20.8 Å². The Kier molecular flexibility index (Phi) is 6.93. The van der Waals surface area contributed by atoms with Crippen molar-refractivity contribution in [3.8, 4) is 11.5 Å². The first-order chi connectivity index (χ1) is 19.2. The molecule has 1 N–H and O–H groups in total. The first kappa shape index (κ1) is 26.6. The van der Waals surface area contributed by atoms with E-state index in [4.69, 9.17) is 9.47 Å². The molecule has 0 radical (unpaired) electrons. The van der Waals surface area contributed by atoms with Crippen molar-refractivity contribution in [3.05, 3.63) is 70.8 Å². The number of hydrogen-bond donors (Lipinski definition) is 1. The molecule has 0 saturated carbocycles. The summed E-state index contributed by atoms with van der Waals surface area (Å²) < 4.78 is 41.1. The summed E-state index contributed by atoms with van der Waals surface area (Å²) in [5, 5.41) is 2.90. The van der Waals surface area contributed by atoms with Gasteiger partial charge >= 0.3 is 0 Å². The molecule has 0 bridgehead atoms. The molecule has 0 spiro atoms. The van der Waals surface area contributed by atoms with Gasteiger partial charge in [-0.15, -0.1) is 0 Å². The molecule has 3 aromatic rings. The van der Waals surface area contributed by atoms with Crippen LogP contribution in [0.25, 0.3) is 0 Å². The number of rotatable bonds is 4. The first-order valence-corrected chi connectivity index (χ1v) is 15.1. The summed E-state index contributed by atoms with van der Waals surface area (Å²) in [7, 11) is -3.90. The van der Waals surface area contributed by atoms with E-state index >= 15 is 0 Å².